The molecular formula is C8H13N3S. The Morgan fingerprint density at radius 1 is 1.67 bits per heavy atom. The number of aromatic nitrogens is 2. The standard InChI is InChI=1S/C8H13N3S/c1-6(4-8(2,3)9)7-10-5-11-12-7/h4-5H,9H2,1-3H3/b6-4+. The van der Waals surface area contributed by atoms with Gasteiger partial charge in [0.15, 0.2) is 0 Å². The molecule has 0 unspecified atom stereocenters. The van der Waals surface area contributed by atoms with Crippen LogP contribution >= 0.6 is 11.5 Å². The molecule has 0 saturated carbocycles. The van der Waals surface area contributed by atoms with Crippen molar-refractivity contribution in [2.24, 2.45) is 5.73 Å². The van der Waals surface area contributed by atoms with E-state index in [0.717, 1.165) is 10.6 Å². The molecule has 0 amide bonds. The fraction of sp³-hybridized carbons (Fsp3) is 0.500. The molecule has 0 fully saturated rings. The third kappa shape index (κ3) is 2.71. The van der Waals surface area contributed by atoms with Crippen molar-refractivity contribution < 1.29 is 0 Å². The van der Waals surface area contributed by atoms with E-state index in [1.165, 1.54) is 11.5 Å². The maximum atomic E-state index is 5.82. The smallest absolute Gasteiger partial charge is 0.139 e. The number of nitrogens with zero attached hydrogens (tertiary/aromatic N) is 2. The van der Waals surface area contributed by atoms with E-state index in [9.17, 15) is 0 Å². The van der Waals surface area contributed by atoms with Crippen LogP contribution in [0.2, 0.25) is 0 Å². The zero-order valence-corrected chi connectivity index (χ0v) is 8.35. The Labute approximate surface area is 76.5 Å². The Morgan fingerprint density at radius 3 is 2.75 bits per heavy atom. The second-order valence-corrected chi connectivity index (χ2v) is 4.18. The Kier molecular flexibility index (Phi) is 2.59. The first-order valence-corrected chi connectivity index (χ1v) is 4.52. The van der Waals surface area contributed by atoms with Gasteiger partial charge in [-0.3, -0.25) is 0 Å². The average Bonchev–Trinajstić information content (AvgIpc) is 2.32. The van der Waals surface area contributed by atoms with Gasteiger partial charge in [0.1, 0.15) is 11.3 Å². The van der Waals surface area contributed by atoms with Crippen molar-refractivity contribution in [1.29, 1.82) is 0 Å². The predicted molar refractivity (Wildman–Crippen MR) is 51.8 cm³/mol. The van der Waals surface area contributed by atoms with Gasteiger partial charge < -0.3 is 5.73 Å². The molecule has 1 aromatic heterocycles. The van der Waals surface area contributed by atoms with E-state index in [1.54, 1.807) is 6.33 Å². The number of allylic oxidation sites excluding steroid dienone is 1. The van der Waals surface area contributed by atoms with Crippen LogP contribution in [0, 0.1) is 0 Å². The third-order valence-corrected chi connectivity index (χ3v) is 2.09. The molecule has 1 rings (SSSR count). The van der Waals surface area contributed by atoms with Gasteiger partial charge in [-0.2, -0.15) is 4.37 Å². The molecule has 0 spiro atoms. The molecule has 0 aromatic carbocycles. The maximum absolute atomic E-state index is 5.82. The number of rotatable bonds is 2. The van der Waals surface area contributed by atoms with Crippen molar-refractivity contribution in [3.05, 3.63) is 17.4 Å². The fourth-order valence-electron chi connectivity index (χ4n) is 0.967. The Balaban J connectivity index is 2.85. The van der Waals surface area contributed by atoms with Crippen LogP contribution in [0.4, 0.5) is 0 Å². The first-order chi connectivity index (χ1) is 5.49. The molecule has 3 nitrogen and oxygen atoms in total. The highest BCUT2D eigenvalue weighted by molar-refractivity contribution is 7.06. The first-order valence-electron chi connectivity index (χ1n) is 3.74. The molecule has 0 saturated heterocycles. The summed E-state index contributed by atoms with van der Waals surface area (Å²) < 4.78 is 3.92. The van der Waals surface area contributed by atoms with Crippen LogP contribution in [-0.4, -0.2) is 14.9 Å². The highest BCUT2D eigenvalue weighted by Gasteiger charge is 2.08. The first kappa shape index (κ1) is 9.35. The molecule has 0 atom stereocenters. The minimum Gasteiger partial charge on any atom is -0.322 e. The summed E-state index contributed by atoms with van der Waals surface area (Å²) >= 11 is 1.39. The molecule has 4 heteroatoms. The topological polar surface area (TPSA) is 51.8 Å². The van der Waals surface area contributed by atoms with Crippen LogP contribution in [-0.2, 0) is 0 Å². The van der Waals surface area contributed by atoms with Gasteiger partial charge in [-0.05, 0) is 37.9 Å². The molecule has 0 radical (unpaired) electrons. The molecular weight excluding hydrogens is 170 g/mol. The summed E-state index contributed by atoms with van der Waals surface area (Å²) in [5, 5.41) is 0.938. The normalized spacial score (nSPS) is 13.5. The Hall–Kier alpha value is -0.740. The van der Waals surface area contributed by atoms with Gasteiger partial charge in [-0.25, -0.2) is 4.98 Å². The maximum Gasteiger partial charge on any atom is 0.139 e. The monoisotopic (exact) mass is 183 g/mol. The molecule has 0 bridgehead atoms. The number of nitrogens with two attached hydrogens (primary N) is 1. The van der Waals surface area contributed by atoms with Gasteiger partial charge in [0, 0.05) is 5.54 Å². The molecule has 1 aromatic rings. The van der Waals surface area contributed by atoms with E-state index in [-0.39, 0.29) is 5.54 Å². The Bertz CT molecular complexity index is 269. The number of hydrogen-bond donors (Lipinski definition) is 1. The van der Waals surface area contributed by atoms with Crippen molar-refractivity contribution in [1.82, 2.24) is 9.36 Å². The molecule has 12 heavy (non-hydrogen) atoms. The summed E-state index contributed by atoms with van der Waals surface area (Å²) in [6.07, 6.45) is 3.55. The molecule has 0 aliphatic rings. The van der Waals surface area contributed by atoms with Crippen molar-refractivity contribution >= 4 is 17.1 Å². The zero-order valence-electron chi connectivity index (χ0n) is 7.53. The van der Waals surface area contributed by atoms with E-state index in [4.69, 9.17) is 5.73 Å². The lowest BCUT2D eigenvalue weighted by molar-refractivity contribution is 0.655. The molecule has 1 heterocycles. The van der Waals surface area contributed by atoms with Gasteiger partial charge >= 0.3 is 0 Å². The van der Waals surface area contributed by atoms with Gasteiger partial charge in [0.2, 0.25) is 0 Å². The van der Waals surface area contributed by atoms with Gasteiger partial charge in [0.25, 0.3) is 0 Å². The van der Waals surface area contributed by atoms with Crippen molar-refractivity contribution in [3.63, 3.8) is 0 Å². The van der Waals surface area contributed by atoms with Crippen LogP contribution in [0.25, 0.3) is 5.57 Å². The second-order valence-electron chi connectivity index (χ2n) is 3.40. The van der Waals surface area contributed by atoms with Crippen LogP contribution < -0.4 is 5.73 Å². The molecule has 0 aliphatic heterocycles. The lowest BCUT2D eigenvalue weighted by atomic mass is 10.0. The van der Waals surface area contributed by atoms with E-state index in [1.807, 2.05) is 26.8 Å². The largest absolute Gasteiger partial charge is 0.322 e. The number of hydrogen-bond acceptors (Lipinski definition) is 4. The fourth-order valence-corrected chi connectivity index (χ4v) is 1.46. The summed E-state index contributed by atoms with van der Waals surface area (Å²) in [6, 6.07) is 0. The SMILES string of the molecule is C/C(=C\C(C)(C)N)c1ncns1. The minimum atomic E-state index is -0.282. The molecule has 66 valence electrons. The Morgan fingerprint density at radius 2 is 2.33 bits per heavy atom. The predicted octanol–water partition coefficient (Wildman–Crippen LogP) is 1.68. The van der Waals surface area contributed by atoms with Crippen LogP contribution in [0.1, 0.15) is 25.8 Å². The summed E-state index contributed by atoms with van der Waals surface area (Å²) in [6.45, 7) is 5.91. The minimum absolute atomic E-state index is 0.282. The van der Waals surface area contributed by atoms with E-state index in [0.29, 0.717) is 0 Å². The van der Waals surface area contributed by atoms with Gasteiger partial charge in [-0.1, -0.05) is 6.08 Å². The van der Waals surface area contributed by atoms with E-state index in [2.05, 4.69) is 9.36 Å². The van der Waals surface area contributed by atoms with Crippen molar-refractivity contribution in [2.45, 2.75) is 26.3 Å². The molecule has 2 N–H and O–H groups in total. The average molecular weight is 183 g/mol. The second kappa shape index (κ2) is 3.33. The lowest BCUT2D eigenvalue weighted by Crippen LogP contribution is -2.29. The summed E-state index contributed by atoms with van der Waals surface area (Å²) in [5.74, 6) is 0. The van der Waals surface area contributed by atoms with Crippen LogP contribution in [0.5, 0.6) is 0 Å². The quantitative estimate of drug-likeness (QED) is 0.759. The highest BCUT2D eigenvalue weighted by Crippen LogP contribution is 2.16. The van der Waals surface area contributed by atoms with Gasteiger partial charge in [-0.15, -0.1) is 0 Å². The van der Waals surface area contributed by atoms with Crippen LogP contribution in [0.3, 0.4) is 0 Å². The van der Waals surface area contributed by atoms with E-state index < -0.39 is 0 Å². The van der Waals surface area contributed by atoms with Crippen molar-refractivity contribution in [2.75, 3.05) is 0 Å². The highest BCUT2D eigenvalue weighted by atomic mass is 32.1. The lowest BCUT2D eigenvalue weighted by Gasteiger charge is -2.13. The summed E-state index contributed by atoms with van der Waals surface area (Å²) in [5.41, 5.74) is 6.63. The molecule has 0 aliphatic carbocycles. The zero-order chi connectivity index (χ0) is 9.19. The third-order valence-electron chi connectivity index (χ3n) is 1.29. The van der Waals surface area contributed by atoms with E-state index >= 15 is 0 Å². The van der Waals surface area contributed by atoms with Gasteiger partial charge in [0.05, 0.1) is 0 Å². The van der Waals surface area contributed by atoms with Crippen molar-refractivity contribution in [3.8, 4) is 0 Å². The summed E-state index contributed by atoms with van der Waals surface area (Å²) in [4.78, 5) is 4.08. The summed E-state index contributed by atoms with van der Waals surface area (Å²) in [7, 11) is 0. The van der Waals surface area contributed by atoms with Crippen LogP contribution in [0.15, 0.2) is 12.4 Å².